The minimum Gasteiger partial charge on any atom is -0.340 e. The molecule has 0 aliphatic rings. The van der Waals surface area contributed by atoms with Crippen LogP contribution < -0.4 is 5.56 Å². The number of hydrogen-bond donors (Lipinski definition) is 1. The zero-order valence-corrected chi connectivity index (χ0v) is 16.0. The summed E-state index contributed by atoms with van der Waals surface area (Å²) in [7, 11) is 1.80. The first kappa shape index (κ1) is 16.9. The molecule has 6 nitrogen and oxygen atoms in total. The molecule has 0 aliphatic heterocycles. The van der Waals surface area contributed by atoms with Gasteiger partial charge in [-0.25, -0.2) is 9.50 Å². The summed E-state index contributed by atoms with van der Waals surface area (Å²) in [4.78, 5) is 31.3. The Balaban J connectivity index is 1.83. The third-order valence-corrected chi connectivity index (χ3v) is 5.59. The van der Waals surface area contributed by atoms with E-state index >= 15 is 0 Å². The summed E-state index contributed by atoms with van der Waals surface area (Å²) in [6.45, 7) is 4.32. The second-order valence-electron chi connectivity index (χ2n) is 5.71. The predicted molar refractivity (Wildman–Crippen MR) is 97.5 cm³/mol. The van der Waals surface area contributed by atoms with Gasteiger partial charge >= 0.3 is 0 Å². The highest BCUT2D eigenvalue weighted by molar-refractivity contribution is 9.11. The number of H-pyrrole nitrogens is 1. The number of nitrogens with zero attached hydrogens (tertiary/aromatic N) is 3. The van der Waals surface area contributed by atoms with Crippen molar-refractivity contribution < 1.29 is 4.79 Å². The van der Waals surface area contributed by atoms with Crippen LogP contribution in [-0.2, 0) is 17.8 Å². The standard InChI is InChI=1S/C16H17BrN4O2S/c1-9-12(10(2)21-14(18-9)7-15(22)19-21)6-16(23)20(3)8-11-4-5-13(17)24-11/h4-5,7H,6,8H2,1-3H3,(H,19,22). The minimum atomic E-state index is -0.200. The maximum absolute atomic E-state index is 12.6. The SMILES string of the molecule is Cc1nc2cc(=O)[nH]n2c(C)c1CC(=O)N(C)Cc1ccc(Br)s1. The Morgan fingerprint density at radius 2 is 2.17 bits per heavy atom. The topological polar surface area (TPSA) is 70.5 Å². The van der Waals surface area contributed by atoms with Gasteiger partial charge in [-0.15, -0.1) is 11.3 Å². The largest absolute Gasteiger partial charge is 0.340 e. The van der Waals surface area contributed by atoms with Crippen molar-refractivity contribution in [2.75, 3.05) is 7.05 Å². The van der Waals surface area contributed by atoms with E-state index in [1.54, 1.807) is 27.8 Å². The fraction of sp³-hybridized carbons (Fsp3) is 0.312. The van der Waals surface area contributed by atoms with Gasteiger partial charge in [0.25, 0.3) is 5.56 Å². The normalized spacial score (nSPS) is 11.2. The van der Waals surface area contributed by atoms with E-state index in [1.165, 1.54) is 6.07 Å². The molecule has 1 N–H and O–H groups in total. The molecule has 8 heteroatoms. The number of rotatable bonds is 4. The molecule has 1 amide bonds. The van der Waals surface area contributed by atoms with Crippen LogP contribution in [0.15, 0.2) is 26.8 Å². The van der Waals surface area contributed by atoms with Crippen LogP contribution in [0.4, 0.5) is 0 Å². The lowest BCUT2D eigenvalue weighted by molar-refractivity contribution is -0.129. The monoisotopic (exact) mass is 408 g/mol. The number of aryl methyl sites for hydroxylation is 2. The average molecular weight is 409 g/mol. The van der Waals surface area contributed by atoms with Gasteiger partial charge in [0.05, 0.1) is 16.8 Å². The van der Waals surface area contributed by atoms with Gasteiger partial charge in [0.2, 0.25) is 5.91 Å². The van der Waals surface area contributed by atoms with Crippen molar-refractivity contribution in [1.82, 2.24) is 19.5 Å². The molecular weight excluding hydrogens is 392 g/mol. The van der Waals surface area contributed by atoms with E-state index in [1.807, 2.05) is 26.0 Å². The van der Waals surface area contributed by atoms with E-state index in [2.05, 4.69) is 26.0 Å². The van der Waals surface area contributed by atoms with Crippen LogP contribution in [0.1, 0.15) is 21.8 Å². The summed E-state index contributed by atoms with van der Waals surface area (Å²) in [5, 5.41) is 2.71. The number of nitrogens with one attached hydrogen (secondary N) is 1. The first-order chi connectivity index (χ1) is 11.3. The number of amides is 1. The molecule has 3 aromatic rings. The number of likely N-dealkylation sites (N-methyl/N-ethyl adjacent to an activating group) is 1. The highest BCUT2D eigenvalue weighted by Gasteiger charge is 2.17. The zero-order valence-electron chi connectivity index (χ0n) is 13.6. The molecule has 3 rings (SSSR count). The first-order valence-electron chi connectivity index (χ1n) is 7.41. The highest BCUT2D eigenvalue weighted by atomic mass is 79.9. The van der Waals surface area contributed by atoms with Crippen LogP contribution in [0.5, 0.6) is 0 Å². The number of aromatic nitrogens is 3. The number of carbonyl (C=O) groups excluding carboxylic acids is 1. The lowest BCUT2D eigenvalue weighted by Gasteiger charge is -2.18. The fourth-order valence-corrected chi connectivity index (χ4v) is 4.19. The maximum atomic E-state index is 12.6. The number of halogens is 1. The lowest BCUT2D eigenvalue weighted by atomic mass is 10.1. The molecule has 0 unspecified atom stereocenters. The summed E-state index contributed by atoms with van der Waals surface area (Å²) in [6.07, 6.45) is 0.254. The minimum absolute atomic E-state index is 0.0152. The third-order valence-electron chi connectivity index (χ3n) is 3.98. The molecule has 0 aromatic carbocycles. The van der Waals surface area contributed by atoms with Crippen molar-refractivity contribution in [3.63, 3.8) is 0 Å². The van der Waals surface area contributed by atoms with E-state index in [4.69, 9.17) is 0 Å². The molecule has 0 aliphatic carbocycles. The molecule has 0 radical (unpaired) electrons. The Kier molecular flexibility index (Phi) is 4.60. The van der Waals surface area contributed by atoms with E-state index in [0.29, 0.717) is 12.2 Å². The highest BCUT2D eigenvalue weighted by Crippen LogP contribution is 2.23. The van der Waals surface area contributed by atoms with Crippen molar-refractivity contribution in [2.24, 2.45) is 0 Å². The van der Waals surface area contributed by atoms with E-state index in [0.717, 1.165) is 25.6 Å². The number of carbonyl (C=O) groups is 1. The smallest absolute Gasteiger partial charge is 0.266 e. The van der Waals surface area contributed by atoms with Crippen LogP contribution in [0.3, 0.4) is 0 Å². The Hall–Kier alpha value is -1.93. The summed E-state index contributed by atoms with van der Waals surface area (Å²) in [6, 6.07) is 5.44. The van der Waals surface area contributed by atoms with Gasteiger partial charge in [-0.05, 0) is 41.9 Å². The summed E-state index contributed by atoms with van der Waals surface area (Å²) in [5.41, 5.74) is 2.82. The van der Waals surface area contributed by atoms with Crippen molar-refractivity contribution in [1.29, 1.82) is 0 Å². The number of thiophene rings is 1. The summed E-state index contributed by atoms with van der Waals surface area (Å²) < 4.78 is 2.69. The second kappa shape index (κ2) is 6.52. The van der Waals surface area contributed by atoms with Crippen LogP contribution in [0.25, 0.3) is 5.65 Å². The molecule has 126 valence electrons. The van der Waals surface area contributed by atoms with E-state index in [9.17, 15) is 9.59 Å². The Morgan fingerprint density at radius 1 is 1.42 bits per heavy atom. The molecule has 0 saturated heterocycles. The molecule has 0 bridgehead atoms. The Labute approximate surface area is 151 Å². The van der Waals surface area contributed by atoms with Crippen LogP contribution in [0.2, 0.25) is 0 Å². The zero-order chi connectivity index (χ0) is 17.4. The third kappa shape index (κ3) is 3.29. The van der Waals surface area contributed by atoms with E-state index < -0.39 is 0 Å². The van der Waals surface area contributed by atoms with Crippen molar-refractivity contribution in [3.05, 3.63) is 54.2 Å². The molecule has 0 spiro atoms. The molecule has 24 heavy (non-hydrogen) atoms. The van der Waals surface area contributed by atoms with Crippen molar-refractivity contribution in [2.45, 2.75) is 26.8 Å². The van der Waals surface area contributed by atoms with Gasteiger partial charge in [0.15, 0.2) is 5.65 Å². The van der Waals surface area contributed by atoms with Gasteiger partial charge < -0.3 is 4.90 Å². The van der Waals surface area contributed by atoms with Crippen LogP contribution in [-0.4, -0.2) is 32.5 Å². The van der Waals surface area contributed by atoms with Crippen LogP contribution >= 0.6 is 27.3 Å². The average Bonchev–Trinajstić information content (AvgIpc) is 3.08. The quantitative estimate of drug-likeness (QED) is 0.721. The molecule has 3 aromatic heterocycles. The number of aromatic amines is 1. The molecular formula is C16H17BrN4O2S. The summed E-state index contributed by atoms with van der Waals surface area (Å²) >= 11 is 5.05. The molecule has 3 heterocycles. The Morgan fingerprint density at radius 3 is 2.83 bits per heavy atom. The van der Waals surface area contributed by atoms with Gasteiger partial charge in [-0.3, -0.25) is 14.7 Å². The van der Waals surface area contributed by atoms with Crippen molar-refractivity contribution >= 4 is 38.8 Å². The van der Waals surface area contributed by atoms with Gasteiger partial charge in [-0.2, -0.15) is 0 Å². The fourth-order valence-electron chi connectivity index (χ4n) is 2.66. The van der Waals surface area contributed by atoms with Crippen molar-refractivity contribution in [3.8, 4) is 0 Å². The van der Waals surface area contributed by atoms with E-state index in [-0.39, 0.29) is 17.9 Å². The Bertz CT molecular complexity index is 972. The first-order valence-corrected chi connectivity index (χ1v) is 9.02. The summed E-state index contributed by atoms with van der Waals surface area (Å²) in [5.74, 6) is 0.0152. The predicted octanol–water partition coefficient (Wildman–Crippen LogP) is 2.66. The van der Waals surface area contributed by atoms with Gasteiger partial charge in [0.1, 0.15) is 0 Å². The number of hydrogen-bond acceptors (Lipinski definition) is 4. The lowest BCUT2D eigenvalue weighted by Crippen LogP contribution is -2.28. The molecule has 0 saturated carbocycles. The maximum Gasteiger partial charge on any atom is 0.266 e. The molecule has 0 fully saturated rings. The molecule has 0 atom stereocenters. The number of fused-ring (bicyclic) bond motifs is 1. The van der Waals surface area contributed by atoms with Crippen LogP contribution in [0, 0.1) is 13.8 Å². The van der Waals surface area contributed by atoms with Gasteiger partial charge in [0, 0.05) is 34.9 Å². The van der Waals surface area contributed by atoms with Gasteiger partial charge in [-0.1, -0.05) is 0 Å². The second-order valence-corrected chi connectivity index (χ2v) is 8.26.